The molecule has 3 aromatic rings. The molecule has 0 radical (unpaired) electrons. The lowest BCUT2D eigenvalue weighted by Crippen LogP contribution is -2.13. The summed E-state index contributed by atoms with van der Waals surface area (Å²) in [5, 5.41) is 0.341. The number of hydrogen-bond donors (Lipinski definition) is 0. The normalized spacial score (nSPS) is 12.1. The van der Waals surface area contributed by atoms with E-state index >= 15 is 0 Å². The Bertz CT molecular complexity index is 876. The van der Waals surface area contributed by atoms with Crippen molar-refractivity contribution < 1.29 is 8.60 Å². The number of rotatable bonds is 5. The zero-order valence-corrected chi connectivity index (χ0v) is 14.3. The zero-order valence-electron chi connectivity index (χ0n) is 13.5. The van der Waals surface area contributed by atoms with E-state index in [1.807, 2.05) is 43.3 Å². The third-order valence-electron chi connectivity index (χ3n) is 3.68. The quantitative estimate of drug-likeness (QED) is 0.713. The lowest BCUT2D eigenvalue weighted by Gasteiger charge is -2.17. The third kappa shape index (κ3) is 3.23. The van der Waals surface area contributed by atoms with Crippen LogP contribution in [0.1, 0.15) is 5.56 Å². The van der Waals surface area contributed by atoms with Gasteiger partial charge in [0, 0.05) is 32.2 Å². The molecule has 0 aliphatic heterocycles. The Hall–Kier alpha value is -2.47. The highest BCUT2D eigenvalue weighted by Gasteiger charge is 2.17. The summed E-state index contributed by atoms with van der Waals surface area (Å²) in [6.07, 6.45) is 3.17. The van der Waals surface area contributed by atoms with Crippen LogP contribution < -0.4 is 4.90 Å². The summed E-state index contributed by atoms with van der Waals surface area (Å²) in [5.41, 5.74) is 2.32. The molecule has 1 atom stereocenters. The minimum absolute atomic E-state index is 0.319. The molecule has 0 N–H and O–H groups in total. The Morgan fingerprint density at radius 1 is 1.12 bits per heavy atom. The van der Waals surface area contributed by atoms with Crippen LogP contribution in [0.3, 0.4) is 0 Å². The Kier molecular flexibility index (Phi) is 4.76. The van der Waals surface area contributed by atoms with Crippen molar-refractivity contribution in [2.45, 2.75) is 10.9 Å². The Labute approximate surface area is 143 Å². The highest BCUT2D eigenvalue weighted by Crippen LogP contribution is 2.23. The fourth-order valence-corrected chi connectivity index (χ4v) is 3.78. The van der Waals surface area contributed by atoms with E-state index < -0.39 is 10.8 Å². The largest absolute Gasteiger partial charge is 0.377 e. The minimum Gasteiger partial charge on any atom is -0.377 e. The molecule has 24 heavy (non-hydrogen) atoms. The molecule has 0 saturated heterocycles. The number of aromatic nitrogens is 2. The number of imidazole rings is 1. The van der Waals surface area contributed by atoms with Gasteiger partial charge in [-0.15, -0.1) is 0 Å². The molecule has 3 rings (SSSR count). The molecular weight excluding hydrogens is 325 g/mol. The first-order valence-corrected chi connectivity index (χ1v) is 8.81. The summed E-state index contributed by atoms with van der Waals surface area (Å²) in [4.78, 5) is 6.17. The van der Waals surface area contributed by atoms with Crippen molar-refractivity contribution in [3.8, 4) is 5.69 Å². The Balaban J connectivity index is 1.94. The standard InChI is InChI=1S/C18H18FN3OS/c1-21(2)16-9-5-3-7-14(16)13-24(23)18-20-11-12-22(18)17-10-6-4-8-15(17)19/h3-12H,13H2,1-2H3. The number of anilines is 1. The van der Waals surface area contributed by atoms with Crippen molar-refractivity contribution in [2.24, 2.45) is 0 Å². The van der Waals surface area contributed by atoms with Crippen LogP contribution >= 0.6 is 0 Å². The predicted octanol–water partition coefficient (Wildman–Crippen LogP) is 3.39. The monoisotopic (exact) mass is 343 g/mol. The van der Waals surface area contributed by atoms with Crippen LogP contribution in [0.2, 0.25) is 0 Å². The van der Waals surface area contributed by atoms with Crippen LogP contribution in [0.25, 0.3) is 5.69 Å². The minimum atomic E-state index is -1.39. The second-order valence-corrected chi connectivity index (χ2v) is 6.89. The van der Waals surface area contributed by atoms with E-state index in [0.29, 0.717) is 16.6 Å². The van der Waals surface area contributed by atoms with Crippen molar-refractivity contribution in [1.82, 2.24) is 9.55 Å². The average Bonchev–Trinajstić information content (AvgIpc) is 3.05. The molecule has 0 fully saturated rings. The number of halogens is 1. The van der Waals surface area contributed by atoms with Crippen LogP contribution in [0.5, 0.6) is 0 Å². The van der Waals surface area contributed by atoms with Crippen LogP contribution in [0.15, 0.2) is 66.1 Å². The van der Waals surface area contributed by atoms with Gasteiger partial charge in [-0.25, -0.2) is 9.37 Å². The zero-order chi connectivity index (χ0) is 17.1. The molecular formula is C18H18FN3OS. The van der Waals surface area contributed by atoms with Crippen molar-refractivity contribution in [1.29, 1.82) is 0 Å². The Morgan fingerprint density at radius 2 is 1.83 bits per heavy atom. The van der Waals surface area contributed by atoms with E-state index in [-0.39, 0.29) is 5.82 Å². The van der Waals surface area contributed by atoms with Crippen LogP contribution in [0.4, 0.5) is 10.1 Å². The summed E-state index contributed by atoms with van der Waals surface area (Å²) >= 11 is 0. The van der Waals surface area contributed by atoms with Gasteiger partial charge in [-0.3, -0.25) is 8.78 Å². The smallest absolute Gasteiger partial charge is 0.204 e. The highest BCUT2D eigenvalue weighted by atomic mass is 32.2. The van der Waals surface area contributed by atoms with Crippen LogP contribution in [-0.2, 0) is 16.6 Å². The predicted molar refractivity (Wildman–Crippen MR) is 94.4 cm³/mol. The summed E-state index contributed by atoms with van der Waals surface area (Å²) in [6.45, 7) is 0. The SMILES string of the molecule is CN(C)c1ccccc1CS(=O)c1nccn1-c1ccccc1F. The second-order valence-electron chi connectivity index (χ2n) is 5.54. The summed E-state index contributed by atoms with van der Waals surface area (Å²) < 4.78 is 28.4. The van der Waals surface area contributed by atoms with Gasteiger partial charge in [0.25, 0.3) is 0 Å². The number of para-hydroxylation sites is 2. The molecule has 0 bridgehead atoms. The van der Waals surface area contributed by atoms with Gasteiger partial charge < -0.3 is 4.90 Å². The highest BCUT2D eigenvalue weighted by molar-refractivity contribution is 7.84. The molecule has 1 heterocycles. The van der Waals surface area contributed by atoms with E-state index in [4.69, 9.17) is 0 Å². The Morgan fingerprint density at radius 3 is 2.58 bits per heavy atom. The molecule has 0 spiro atoms. The molecule has 1 aromatic heterocycles. The number of hydrogen-bond acceptors (Lipinski definition) is 3. The lowest BCUT2D eigenvalue weighted by molar-refractivity contribution is 0.610. The van der Waals surface area contributed by atoms with Crippen molar-refractivity contribution in [3.05, 3.63) is 72.3 Å². The van der Waals surface area contributed by atoms with Gasteiger partial charge >= 0.3 is 0 Å². The molecule has 0 saturated carbocycles. The first kappa shape index (κ1) is 16.4. The summed E-state index contributed by atoms with van der Waals surface area (Å²) in [7, 11) is 2.50. The fourth-order valence-electron chi connectivity index (χ4n) is 2.56. The maximum absolute atomic E-state index is 14.0. The van der Waals surface area contributed by atoms with Gasteiger partial charge in [0.2, 0.25) is 5.16 Å². The molecule has 0 aliphatic carbocycles. The van der Waals surface area contributed by atoms with E-state index in [9.17, 15) is 8.60 Å². The van der Waals surface area contributed by atoms with E-state index in [2.05, 4.69) is 4.98 Å². The third-order valence-corrected chi connectivity index (χ3v) is 4.97. The maximum atomic E-state index is 14.0. The van der Waals surface area contributed by atoms with Gasteiger partial charge in [-0.1, -0.05) is 30.3 Å². The lowest BCUT2D eigenvalue weighted by atomic mass is 10.2. The maximum Gasteiger partial charge on any atom is 0.204 e. The topological polar surface area (TPSA) is 38.1 Å². The van der Waals surface area contributed by atoms with Crippen molar-refractivity contribution in [3.63, 3.8) is 0 Å². The number of nitrogens with zero attached hydrogens (tertiary/aromatic N) is 3. The summed E-state index contributed by atoms with van der Waals surface area (Å²) in [5.74, 6) is -0.0535. The average molecular weight is 343 g/mol. The van der Waals surface area contributed by atoms with Crippen LogP contribution in [-0.4, -0.2) is 27.9 Å². The van der Waals surface area contributed by atoms with Crippen molar-refractivity contribution in [2.75, 3.05) is 19.0 Å². The molecule has 0 amide bonds. The molecule has 4 nitrogen and oxygen atoms in total. The van der Waals surface area contributed by atoms with Crippen LogP contribution in [0, 0.1) is 5.82 Å². The first-order chi connectivity index (χ1) is 11.6. The second kappa shape index (κ2) is 6.97. The van der Waals surface area contributed by atoms with E-state index in [1.165, 1.54) is 12.3 Å². The van der Waals surface area contributed by atoms with Crippen molar-refractivity contribution >= 4 is 16.5 Å². The van der Waals surface area contributed by atoms with Gasteiger partial charge in [-0.05, 0) is 23.8 Å². The molecule has 0 aliphatic rings. The van der Waals surface area contributed by atoms with E-state index in [0.717, 1.165) is 11.3 Å². The molecule has 6 heteroatoms. The molecule has 124 valence electrons. The van der Waals surface area contributed by atoms with Gasteiger partial charge in [0.05, 0.1) is 22.2 Å². The fraction of sp³-hybridized carbons (Fsp3) is 0.167. The number of benzene rings is 2. The van der Waals surface area contributed by atoms with Gasteiger partial charge in [0.15, 0.2) is 0 Å². The first-order valence-electron chi connectivity index (χ1n) is 7.50. The molecule has 2 aromatic carbocycles. The van der Waals surface area contributed by atoms with E-state index in [1.54, 1.807) is 29.0 Å². The van der Waals surface area contributed by atoms with Gasteiger partial charge in [0.1, 0.15) is 5.82 Å². The molecule has 1 unspecified atom stereocenters. The van der Waals surface area contributed by atoms with Gasteiger partial charge in [-0.2, -0.15) is 0 Å². The summed E-state index contributed by atoms with van der Waals surface area (Å²) in [6, 6.07) is 14.2.